The van der Waals surface area contributed by atoms with Crippen LogP contribution in [0, 0.1) is 0 Å². The third-order valence-corrected chi connectivity index (χ3v) is 11.3. The van der Waals surface area contributed by atoms with Crippen LogP contribution < -0.4 is 4.90 Å². The molecule has 0 fully saturated rings. The van der Waals surface area contributed by atoms with Crippen molar-refractivity contribution in [1.82, 2.24) is 4.57 Å². The summed E-state index contributed by atoms with van der Waals surface area (Å²) in [4.78, 5) is 2.24. The summed E-state index contributed by atoms with van der Waals surface area (Å²) in [5.41, 5.74) is 11.5. The summed E-state index contributed by atoms with van der Waals surface area (Å²) >= 11 is 0. The zero-order valence-corrected chi connectivity index (χ0v) is 31.5. The van der Waals surface area contributed by atoms with Crippen LogP contribution in [0.4, 0.5) is 17.1 Å². The lowest BCUT2D eigenvalue weighted by atomic mass is 9.92. The topological polar surface area (TPSA) is 8.17 Å². The Morgan fingerprint density at radius 1 is 0.362 bits per heavy atom. The molecule has 0 bridgehead atoms. The number of hydrogen-bond acceptors (Lipinski definition) is 1. The van der Waals surface area contributed by atoms with Gasteiger partial charge in [0.2, 0.25) is 0 Å². The lowest BCUT2D eigenvalue weighted by molar-refractivity contribution is 1.17. The zero-order valence-electron chi connectivity index (χ0n) is 35.5. The van der Waals surface area contributed by atoms with Crippen LogP contribution >= 0.6 is 0 Å². The van der Waals surface area contributed by atoms with Gasteiger partial charge in [-0.1, -0.05) is 176 Å². The molecule has 0 saturated heterocycles. The van der Waals surface area contributed by atoms with Gasteiger partial charge in [-0.25, -0.2) is 0 Å². The van der Waals surface area contributed by atoms with E-state index in [1.165, 1.54) is 0 Å². The molecule has 1 heterocycles. The first-order chi connectivity index (χ1) is 30.4. The van der Waals surface area contributed by atoms with Crippen molar-refractivity contribution in [2.24, 2.45) is 0 Å². The van der Waals surface area contributed by atoms with Crippen molar-refractivity contribution in [3.8, 4) is 39.1 Å². The van der Waals surface area contributed by atoms with Crippen LogP contribution in [-0.2, 0) is 0 Å². The number of benzene rings is 10. The van der Waals surface area contributed by atoms with E-state index >= 15 is 0 Å². The molecule has 0 aliphatic heterocycles. The number of nitrogens with zero attached hydrogens (tertiary/aromatic N) is 2. The molecule has 2 nitrogen and oxygen atoms in total. The lowest BCUT2D eigenvalue weighted by Gasteiger charge is -2.26. The van der Waals surface area contributed by atoms with Gasteiger partial charge < -0.3 is 9.47 Å². The van der Waals surface area contributed by atoms with Crippen molar-refractivity contribution < 1.29 is 5.48 Å². The van der Waals surface area contributed by atoms with Crippen LogP contribution in [0.2, 0.25) is 0 Å². The maximum atomic E-state index is 9.45. The Morgan fingerprint density at radius 2 is 0.931 bits per heavy atom. The van der Waals surface area contributed by atoms with Crippen LogP contribution in [0.15, 0.2) is 230 Å². The van der Waals surface area contributed by atoms with E-state index in [9.17, 15) is 2.74 Å². The van der Waals surface area contributed by atoms with E-state index in [1.54, 1.807) is 0 Å². The van der Waals surface area contributed by atoms with Crippen molar-refractivity contribution in [2.45, 2.75) is 0 Å². The standard InChI is InChI=1S/C56H38N2/c1-3-14-39(15-4-1)41-28-33-45(34-29-41)57(46-35-30-42(31-36-46)40-16-5-2-6-17-40)47-21-13-22-48(38-47)58-53-27-10-9-24-52(53)56-54(58)37-32-44-20-12-26-51(55(44)56)50-25-11-19-43-18-7-8-23-49(43)50/h1-38H/i9D,10D,24D,27D. The molecule has 0 aliphatic rings. The second-order valence-corrected chi connectivity index (χ2v) is 14.6. The predicted octanol–water partition coefficient (Wildman–Crippen LogP) is 15.6. The van der Waals surface area contributed by atoms with Crippen LogP contribution in [-0.4, -0.2) is 4.57 Å². The molecule has 0 spiro atoms. The number of aromatic nitrogens is 1. The Hall–Kier alpha value is -7.68. The van der Waals surface area contributed by atoms with Gasteiger partial charge in [0, 0.05) is 33.5 Å². The molecular formula is C56H38N2. The number of para-hydroxylation sites is 1. The van der Waals surface area contributed by atoms with Gasteiger partial charge in [0.1, 0.15) is 0 Å². The summed E-state index contributed by atoms with van der Waals surface area (Å²) in [5, 5.41) is 5.48. The van der Waals surface area contributed by atoms with E-state index in [-0.39, 0.29) is 24.2 Å². The fraction of sp³-hybridized carbons (Fsp3) is 0. The monoisotopic (exact) mass is 742 g/mol. The minimum atomic E-state index is -0.264. The maximum absolute atomic E-state index is 9.45. The Bertz CT molecular complexity index is 3400. The summed E-state index contributed by atoms with van der Waals surface area (Å²) < 4.78 is 38.7. The fourth-order valence-corrected chi connectivity index (χ4v) is 8.62. The summed E-state index contributed by atoms with van der Waals surface area (Å²) in [6.45, 7) is 0. The lowest BCUT2D eigenvalue weighted by Crippen LogP contribution is -2.10. The van der Waals surface area contributed by atoms with Crippen molar-refractivity contribution >= 4 is 60.4 Å². The SMILES string of the molecule is [2H]c1c([2H])c([2H])c2c(c1[2H])c1c3c(-c4cccc5ccccc45)cccc3ccc1n2-c1cccc(N(c2ccc(-c3ccccc3)cc2)c2ccc(-c3ccccc3)cc2)c1. The minimum Gasteiger partial charge on any atom is -0.310 e. The molecule has 0 saturated carbocycles. The number of hydrogen-bond donors (Lipinski definition) is 0. The smallest absolute Gasteiger partial charge is 0.0645 e. The van der Waals surface area contributed by atoms with E-state index in [4.69, 9.17) is 2.74 Å². The van der Waals surface area contributed by atoms with Crippen molar-refractivity contribution in [2.75, 3.05) is 4.90 Å². The Labute approximate surface area is 343 Å². The summed E-state index contributed by atoms with van der Waals surface area (Å²) in [6.07, 6.45) is 0. The Balaban J connectivity index is 1.15. The molecule has 11 rings (SSSR count). The van der Waals surface area contributed by atoms with Gasteiger partial charge in [-0.2, -0.15) is 0 Å². The highest BCUT2D eigenvalue weighted by Gasteiger charge is 2.20. The van der Waals surface area contributed by atoms with E-state index in [1.807, 2.05) is 34.9 Å². The minimum absolute atomic E-state index is 0.0558. The average molecular weight is 743 g/mol. The second kappa shape index (κ2) is 14.1. The molecule has 0 N–H and O–H groups in total. The third-order valence-electron chi connectivity index (χ3n) is 11.3. The van der Waals surface area contributed by atoms with Crippen LogP contribution in [0.3, 0.4) is 0 Å². The van der Waals surface area contributed by atoms with Crippen LogP contribution in [0.1, 0.15) is 5.48 Å². The summed E-state index contributed by atoms with van der Waals surface area (Å²) in [7, 11) is 0. The van der Waals surface area contributed by atoms with E-state index in [0.29, 0.717) is 10.9 Å². The second-order valence-electron chi connectivity index (χ2n) is 14.6. The molecule has 10 aromatic carbocycles. The number of rotatable bonds is 7. The molecule has 0 radical (unpaired) electrons. The molecular weight excluding hydrogens is 701 g/mol. The van der Waals surface area contributed by atoms with E-state index in [0.717, 1.165) is 88.6 Å². The van der Waals surface area contributed by atoms with Gasteiger partial charge in [-0.05, 0) is 109 Å². The van der Waals surface area contributed by atoms with Crippen molar-refractivity contribution in [1.29, 1.82) is 0 Å². The van der Waals surface area contributed by atoms with Gasteiger partial charge in [0.25, 0.3) is 0 Å². The van der Waals surface area contributed by atoms with Crippen molar-refractivity contribution in [3.63, 3.8) is 0 Å². The number of fused-ring (bicyclic) bond motifs is 6. The normalized spacial score (nSPS) is 12.4. The Kier molecular flexibility index (Phi) is 7.20. The summed E-state index contributed by atoms with van der Waals surface area (Å²) in [5.74, 6) is 0. The van der Waals surface area contributed by atoms with Gasteiger partial charge in [-0.3, -0.25) is 0 Å². The van der Waals surface area contributed by atoms with Gasteiger partial charge >= 0.3 is 0 Å². The fourth-order valence-electron chi connectivity index (χ4n) is 8.62. The first kappa shape index (κ1) is 29.6. The van der Waals surface area contributed by atoms with Gasteiger partial charge in [-0.15, -0.1) is 0 Å². The molecule has 0 atom stereocenters. The molecule has 2 heteroatoms. The molecule has 58 heavy (non-hydrogen) atoms. The first-order valence-corrected chi connectivity index (χ1v) is 19.6. The molecule has 272 valence electrons. The largest absolute Gasteiger partial charge is 0.310 e. The molecule has 11 aromatic rings. The highest BCUT2D eigenvalue weighted by molar-refractivity contribution is 6.25. The predicted molar refractivity (Wildman–Crippen MR) is 247 cm³/mol. The molecule has 0 aliphatic carbocycles. The van der Waals surface area contributed by atoms with Crippen LogP contribution in [0.5, 0.6) is 0 Å². The third kappa shape index (κ3) is 5.74. The highest BCUT2D eigenvalue weighted by atomic mass is 15.1. The molecule has 1 aromatic heterocycles. The van der Waals surface area contributed by atoms with Crippen LogP contribution in [0.25, 0.3) is 82.4 Å². The first-order valence-electron chi connectivity index (χ1n) is 21.6. The maximum Gasteiger partial charge on any atom is 0.0645 e. The van der Waals surface area contributed by atoms with Gasteiger partial charge in [0.15, 0.2) is 0 Å². The van der Waals surface area contributed by atoms with Crippen molar-refractivity contribution in [3.05, 3.63) is 230 Å². The van der Waals surface area contributed by atoms with Gasteiger partial charge in [0.05, 0.1) is 16.5 Å². The number of anilines is 3. The highest BCUT2D eigenvalue weighted by Crippen LogP contribution is 2.44. The quantitative estimate of drug-likeness (QED) is 0.158. The average Bonchev–Trinajstić information content (AvgIpc) is 3.69. The molecule has 0 amide bonds. The molecule has 0 unspecified atom stereocenters. The van der Waals surface area contributed by atoms with E-state index in [2.05, 4.69) is 181 Å². The summed E-state index contributed by atoms with van der Waals surface area (Å²) in [6, 6.07) is 70.7. The Morgan fingerprint density at radius 3 is 1.64 bits per heavy atom. The van der Waals surface area contributed by atoms with E-state index < -0.39 is 0 Å². The zero-order chi connectivity index (χ0) is 41.9.